The highest BCUT2D eigenvalue weighted by Crippen LogP contribution is 2.12. The Kier molecular flexibility index (Phi) is 7.14. The normalized spacial score (nSPS) is 13.6. The quantitative estimate of drug-likeness (QED) is 0.684. The first-order valence-corrected chi connectivity index (χ1v) is 9.45. The fraction of sp³-hybridized carbons (Fsp3) is 0.278. The molecular formula is C18H21NO6S. The van der Waals surface area contributed by atoms with Crippen LogP contribution in [0, 0.1) is 0 Å². The van der Waals surface area contributed by atoms with Crippen molar-refractivity contribution in [3.63, 3.8) is 0 Å². The predicted octanol–water partition coefficient (Wildman–Crippen LogP) is 2.73. The zero-order chi connectivity index (χ0) is 19.0. The Bertz CT molecular complexity index is 795. The lowest BCUT2D eigenvalue weighted by Crippen LogP contribution is -2.46. The topological polar surface area (TPSA) is 102 Å². The van der Waals surface area contributed by atoms with Gasteiger partial charge in [-0.1, -0.05) is 60.7 Å². The van der Waals surface area contributed by atoms with Gasteiger partial charge in [-0.15, -0.1) is 0 Å². The summed E-state index contributed by atoms with van der Waals surface area (Å²) in [7, 11) is -4.54. The number of alkyl carbamates (subject to hydrolysis) is 1. The Labute approximate surface area is 152 Å². The maximum absolute atomic E-state index is 11.9. The van der Waals surface area contributed by atoms with Crippen LogP contribution in [0.25, 0.3) is 0 Å². The van der Waals surface area contributed by atoms with Gasteiger partial charge in [0, 0.05) is 0 Å². The second kappa shape index (κ2) is 9.33. The lowest BCUT2D eigenvalue weighted by Gasteiger charge is -2.22. The zero-order valence-electron chi connectivity index (χ0n) is 14.2. The number of nitrogens with one attached hydrogen (secondary N) is 1. The fourth-order valence-corrected chi connectivity index (χ4v) is 3.08. The minimum Gasteiger partial charge on any atom is -0.445 e. The van der Waals surface area contributed by atoms with Gasteiger partial charge in [0.25, 0.3) is 10.1 Å². The van der Waals surface area contributed by atoms with Crippen molar-refractivity contribution in [1.29, 1.82) is 0 Å². The van der Waals surface area contributed by atoms with Crippen molar-refractivity contribution in [3.05, 3.63) is 71.8 Å². The summed E-state index contributed by atoms with van der Waals surface area (Å²) in [5.41, 5.74) is -0.0889. The number of carbonyl (C=O) groups is 1. The average Bonchev–Trinajstić information content (AvgIpc) is 2.61. The second-order valence-corrected chi connectivity index (χ2v) is 7.17. The molecule has 2 atom stereocenters. The molecule has 2 unspecified atom stereocenters. The Hall–Kier alpha value is -2.42. The van der Waals surface area contributed by atoms with Crippen molar-refractivity contribution in [3.8, 4) is 0 Å². The van der Waals surface area contributed by atoms with Crippen LogP contribution in [0.4, 0.5) is 4.79 Å². The Balaban J connectivity index is 1.91. The molecule has 0 heterocycles. The van der Waals surface area contributed by atoms with Crippen LogP contribution in [0.15, 0.2) is 60.7 Å². The number of hydrogen-bond donors (Lipinski definition) is 2. The SMILES string of the molecule is CC(NC(=O)OCc1ccccc1)C(OCc1ccccc1)S(=O)(=O)O. The molecule has 140 valence electrons. The highest BCUT2D eigenvalue weighted by atomic mass is 32.2. The maximum Gasteiger partial charge on any atom is 0.407 e. The lowest BCUT2D eigenvalue weighted by molar-refractivity contribution is 0.0608. The van der Waals surface area contributed by atoms with E-state index in [2.05, 4.69) is 5.32 Å². The molecule has 8 heteroatoms. The van der Waals surface area contributed by atoms with Gasteiger partial charge in [0.2, 0.25) is 5.44 Å². The Morgan fingerprint density at radius 3 is 2.00 bits per heavy atom. The van der Waals surface area contributed by atoms with Crippen LogP contribution in [-0.2, 0) is 32.8 Å². The third-order valence-corrected chi connectivity index (χ3v) is 4.65. The first-order chi connectivity index (χ1) is 12.4. The molecule has 0 radical (unpaired) electrons. The number of ether oxygens (including phenoxy) is 2. The number of carbonyl (C=O) groups excluding carboxylic acids is 1. The minimum atomic E-state index is -4.54. The van der Waals surface area contributed by atoms with Crippen LogP contribution in [0.2, 0.25) is 0 Å². The fourth-order valence-electron chi connectivity index (χ4n) is 2.26. The summed E-state index contributed by atoms with van der Waals surface area (Å²) >= 11 is 0. The third-order valence-electron chi connectivity index (χ3n) is 3.52. The van der Waals surface area contributed by atoms with Crippen LogP contribution >= 0.6 is 0 Å². The molecule has 0 saturated carbocycles. The summed E-state index contributed by atoms with van der Waals surface area (Å²) < 4.78 is 42.9. The summed E-state index contributed by atoms with van der Waals surface area (Å²) in [5, 5.41) is 2.37. The second-order valence-electron chi connectivity index (χ2n) is 5.67. The van der Waals surface area contributed by atoms with Gasteiger partial charge < -0.3 is 14.8 Å². The van der Waals surface area contributed by atoms with Crippen molar-refractivity contribution in [2.24, 2.45) is 0 Å². The predicted molar refractivity (Wildman–Crippen MR) is 95.8 cm³/mol. The summed E-state index contributed by atoms with van der Waals surface area (Å²) in [6, 6.07) is 16.9. The van der Waals surface area contributed by atoms with Crippen LogP contribution in [0.1, 0.15) is 18.1 Å². The van der Waals surface area contributed by atoms with Gasteiger partial charge in [-0.25, -0.2) is 4.79 Å². The van der Waals surface area contributed by atoms with Crippen LogP contribution in [0.5, 0.6) is 0 Å². The lowest BCUT2D eigenvalue weighted by atomic mass is 10.2. The van der Waals surface area contributed by atoms with Crippen molar-refractivity contribution in [2.45, 2.75) is 31.6 Å². The van der Waals surface area contributed by atoms with Gasteiger partial charge in [-0.3, -0.25) is 4.55 Å². The number of amides is 1. The third kappa shape index (κ3) is 6.47. The van der Waals surface area contributed by atoms with E-state index in [0.717, 1.165) is 11.1 Å². The van der Waals surface area contributed by atoms with E-state index in [-0.39, 0.29) is 13.2 Å². The van der Waals surface area contributed by atoms with Crippen LogP contribution < -0.4 is 5.32 Å². The highest BCUT2D eigenvalue weighted by molar-refractivity contribution is 7.86. The van der Waals surface area contributed by atoms with E-state index in [9.17, 15) is 17.8 Å². The minimum absolute atomic E-state index is 0.0314. The van der Waals surface area contributed by atoms with E-state index in [1.54, 1.807) is 36.4 Å². The van der Waals surface area contributed by atoms with Crippen molar-refractivity contribution < 1.29 is 27.2 Å². The van der Waals surface area contributed by atoms with Crippen molar-refractivity contribution in [2.75, 3.05) is 0 Å². The molecule has 0 aliphatic heterocycles. The highest BCUT2D eigenvalue weighted by Gasteiger charge is 2.31. The molecule has 1 amide bonds. The zero-order valence-corrected chi connectivity index (χ0v) is 15.1. The molecule has 26 heavy (non-hydrogen) atoms. The first kappa shape index (κ1) is 19.9. The van der Waals surface area contributed by atoms with E-state index in [1.165, 1.54) is 6.92 Å². The van der Waals surface area contributed by atoms with Crippen molar-refractivity contribution >= 4 is 16.2 Å². The monoisotopic (exact) mass is 379 g/mol. The van der Waals surface area contributed by atoms with E-state index in [1.807, 2.05) is 24.3 Å². The standard InChI is InChI=1S/C18H21NO6S/c1-14(19-18(20)25-13-16-10-6-3-7-11-16)17(26(21,22)23)24-12-15-8-4-2-5-9-15/h2-11,14,17H,12-13H2,1H3,(H,19,20)(H,21,22,23). The van der Waals surface area contributed by atoms with Gasteiger partial charge in [0.05, 0.1) is 12.6 Å². The smallest absolute Gasteiger partial charge is 0.407 e. The van der Waals surface area contributed by atoms with E-state index in [4.69, 9.17) is 9.47 Å². The van der Waals surface area contributed by atoms with Gasteiger partial charge >= 0.3 is 6.09 Å². The summed E-state index contributed by atoms with van der Waals surface area (Å²) in [6.07, 6.45) is -0.807. The van der Waals surface area contributed by atoms with Crippen molar-refractivity contribution in [1.82, 2.24) is 5.32 Å². The summed E-state index contributed by atoms with van der Waals surface area (Å²) in [4.78, 5) is 11.9. The first-order valence-electron chi connectivity index (χ1n) is 7.95. The van der Waals surface area contributed by atoms with E-state index in [0.29, 0.717) is 0 Å². The molecule has 2 aromatic rings. The summed E-state index contributed by atoms with van der Waals surface area (Å²) in [6.45, 7) is 1.42. The molecule has 0 saturated heterocycles. The average molecular weight is 379 g/mol. The van der Waals surface area contributed by atoms with Crippen LogP contribution in [-0.4, -0.2) is 30.5 Å². The van der Waals surface area contributed by atoms with E-state index >= 15 is 0 Å². The molecule has 0 aliphatic carbocycles. The molecule has 2 aromatic carbocycles. The van der Waals surface area contributed by atoms with Gasteiger partial charge in [-0.2, -0.15) is 8.42 Å². The van der Waals surface area contributed by atoms with Gasteiger partial charge in [0.15, 0.2) is 0 Å². The maximum atomic E-state index is 11.9. The molecule has 7 nitrogen and oxygen atoms in total. The molecule has 0 bridgehead atoms. The molecule has 2 rings (SSSR count). The van der Waals surface area contributed by atoms with E-state index < -0.39 is 27.7 Å². The number of rotatable bonds is 8. The largest absolute Gasteiger partial charge is 0.445 e. The summed E-state index contributed by atoms with van der Waals surface area (Å²) in [5.74, 6) is 0. The molecule has 0 spiro atoms. The Morgan fingerprint density at radius 1 is 1.00 bits per heavy atom. The molecular weight excluding hydrogens is 358 g/mol. The number of hydrogen-bond acceptors (Lipinski definition) is 5. The Morgan fingerprint density at radius 2 is 1.50 bits per heavy atom. The molecule has 0 fully saturated rings. The van der Waals surface area contributed by atoms with Gasteiger partial charge in [-0.05, 0) is 18.1 Å². The molecule has 2 N–H and O–H groups in total. The van der Waals surface area contributed by atoms with Crippen LogP contribution in [0.3, 0.4) is 0 Å². The van der Waals surface area contributed by atoms with Gasteiger partial charge in [0.1, 0.15) is 6.61 Å². The molecule has 0 aliphatic rings. The molecule has 0 aromatic heterocycles. The number of benzene rings is 2.